The Morgan fingerprint density at radius 3 is 2.91 bits per heavy atom. The number of pyridine rings is 1. The average Bonchev–Trinajstić information content (AvgIpc) is 2.05. The molecule has 0 spiro atoms. The first-order chi connectivity index (χ1) is 5.27. The molecule has 5 heteroatoms. The van der Waals surface area contributed by atoms with Crippen molar-refractivity contribution in [3.63, 3.8) is 0 Å². The fourth-order valence-electron chi connectivity index (χ4n) is 0.634. The second-order valence-electron chi connectivity index (χ2n) is 1.81. The summed E-state index contributed by atoms with van der Waals surface area (Å²) in [5.41, 5.74) is -0.106. The first-order valence-corrected chi connectivity index (χ1v) is 4.69. The van der Waals surface area contributed by atoms with Gasteiger partial charge >= 0.3 is 0 Å². The van der Waals surface area contributed by atoms with Crippen LogP contribution in [-0.4, -0.2) is 11.1 Å². The normalized spacial score (nSPS) is 9.64. The maximum atomic E-state index is 11.0. The third kappa shape index (κ3) is 1.94. The highest BCUT2D eigenvalue weighted by Gasteiger charge is 1.95. The largest absolute Gasteiger partial charge is 0.495 e. The summed E-state index contributed by atoms with van der Waals surface area (Å²) in [7, 11) is 2.59. The second kappa shape index (κ2) is 3.73. The molecule has 0 saturated heterocycles. The van der Waals surface area contributed by atoms with Gasteiger partial charge in [-0.05, 0) is 6.07 Å². The maximum absolute atomic E-state index is 11.0. The first-order valence-electron chi connectivity index (χ1n) is 2.86. The Balaban J connectivity index is 3.13. The van der Waals surface area contributed by atoms with E-state index in [-0.39, 0.29) is 5.56 Å². The van der Waals surface area contributed by atoms with Gasteiger partial charge in [0.15, 0.2) is 0 Å². The Morgan fingerprint density at radius 2 is 2.36 bits per heavy atom. The van der Waals surface area contributed by atoms with E-state index in [1.165, 1.54) is 10.0 Å². The molecule has 1 aromatic heterocycles. The molecule has 1 heterocycles. The van der Waals surface area contributed by atoms with E-state index in [0.717, 1.165) is 11.0 Å². The number of rotatable bonds is 2. The van der Waals surface area contributed by atoms with Gasteiger partial charge in [0.25, 0.3) is 5.56 Å². The van der Waals surface area contributed by atoms with Gasteiger partial charge in [0, 0.05) is 17.0 Å². The molecule has 0 aromatic carbocycles. The van der Waals surface area contributed by atoms with E-state index >= 15 is 0 Å². The van der Waals surface area contributed by atoms with Crippen LogP contribution < -0.4 is 10.3 Å². The van der Waals surface area contributed by atoms with Crippen LogP contribution in [0.1, 0.15) is 0 Å². The van der Waals surface area contributed by atoms with Crippen LogP contribution in [-0.2, 0) is 0 Å². The van der Waals surface area contributed by atoms with Crippen molar-refractivity contribution in [3.8, 4) is 5.75 Å². The zero-order valence-electron chi connectivity index (χ0n) is 5.85. The molecule has 11 heavy (non-hydrogen) atoms. The van der Waals surface area contributed by atoms with Crippen molar-refractivity contribution < 1.29 is 4.74 Å². The summed E-state index contributed by atoms with van der Waals surface area (Å²) in [6, 6.07) is 3.05. The molecular formula is C6H7NO2S2. The lowest BCUT2D eigenvalue weighted by molar-refractivity contribution is 0.412. The van der Waals surface area contributed by atoms with Crippen LogP contribution in [0.5, 0.6) is 5.75 Å². The number of hydrogen-bond acceptors (Lipinski definition) is 4. The summed E-state index contributed by atoms with van der Waals surface area (Å²) in [4.78, 5) is 11.0. The molecule has 0 aliphatic carbocycles. The summed E-state index contributed by atoms with van der Waals surface area (Å²) in [5.74, 6) is 0.645. The van der Waals surface area contributed by atoms with Crippen LogP contribution in [0.4, 0.5) is 0 Å². The van der Waals surface area contributed by atoms with E-state index in [2.05, 4.69) is 11.7 Å². The minimum absolute atomic E-state index is 0.106. The van der Waals surface area contributed by atoms with E-state index in [4.69, 9.17) is 4.74 Å². The maximum Gasteiger partial charge on any atom is 0.261 e. The molecule has 0 saturated carbocycles. The Labute approximate surface area is 73.3 Å². The van der Waals surface area contributed by atoms with Crippen LogP contribution in [0.2, 0.25) is 0 Å². The van der Waals surface area contributed by atoms with Crippen molar-refractivity contribution in [2.75, 3.05) is 7.11 Å². The van der Waals surface area contributed by atoms with Gasteiger partial charge in [-0.25, -0.2) is 3.97 Å². The van der Waals surface area contributed by atoms with Gasteiger partial charge in [0.1, 0.15) is 5.75 Å². The Morgan fingerprint density at radius 1 is 1.64 bits per heavy atom. The third-order valence-electron chi connectivity index (χ3n) is 1.18. The average molecular weight is 189 g/mol. The summed E-state index contributed by atoms with van der Waals surface area (Å²) in [6.45, 7) is 0. The van der Waals surface area contributed by atoms with Gasteiger partial charge < -0.3 is 4.74 Å². The fraction of sp³-hybridized carbons (Fsp3) is 0.167. The molecule has 0 amide bonds. The molecule has 0 radical (unpaired) electrons. The number of thiol groups is 1. The lowest BCUT2D eigenvalue weighted by Crippen LogP contribution is -2.11. The van der Waals surface area contributed by atoms with E-state index in [1.807, 2.05) is 0 Å². The van der Waals surface area contributed by atoms with Gasteiger partial charge in [-0.2, -0.15) is 0 Å². The predicted molar refractivity (Wildman–Crippen MR) is 49.2 cm³/mol. The molecule has 0 fully saturated rings. The van der Waals surface area contributed by atoms with E-state index in [0.29, 0.717) is 5.75 Å². The van der Waals surface area contributed by atoms with E-state index < -0.39 is 0 Å². The highest BCUT2D eigenvalue weighted by Crippen LogP contribution is 2.12. The Kier molecular flexibility index (Phi) is 2.90. The standard InChI is InChI=1S/C6H7NO2S2/c1-9-5-2-3-6(8)7(4-5)11-10/h2-4,10H,1H3. The van der Waals surface area contributed by atoms with Crippen LogP contribution in [0.25, 0.3) is 0 Å². The highest BCUT2D eigenvalue weighted by molar-refractivity contribution is 8.67. The summed E-state index contributed by atoms with van der Waals surface area (Å²) >= 11 is 3.89. The molecule has 1 rings (SSSR count). The summed E-state index contributed by atoms with van der Waals surface area (Å²) < 4.78 is 6.28. The zero-order valence-corrected chi connectivity index (χ0v) is 7.56. The Hall–Kier alpha value is -0.550. The molecule has 1 aromatic rings. The summed E-state index contributed by atoms with van der Waals surface area (Å²) in [5, 5.41) is 0. The van der Waals surface area contributed by atoms with Crippen LogP contribution >= 0.6 is 22.6 Å². The topological polar surface area (TPSA) is 31.2 Å². The van der Waals surface area contributed by atoms with E-state index in [9.17, 15) is 4.79 Å². The number of ether oxygens (including phenoxy) is 1. The quantitative estimate of drug-likeness (QED) is 0.560. The van der Waals surface area contributed by atoms with E-state index in [1.54, 1.807) is 19.4 Å². The van der Waals surface area contributed by atoms with Gasteiger partial charge in [-0.15, -0.1) is 0 Å². The minimum Gasteiger partial charge on any atom is -0.495 e. The molecule has 0 bridgehead atoms. The lowest BCUT2D eigenvalue weighted by atomic mass is 10.5. The first kappa shape index (κ1) is 8.55. The molecule has 3 nitrogen and oxygen atoms in total. The monoisotopic (exact) mass is 189 g/mol. The van der Waals surface area contributed by atoms with Crippen molar-refractivity contribution >= 4 is 22.6 Å². The second-order valence-corrected chi connectivity index (χ2v) is 2.86. The van der Waals surface area contributed by atoms with Crippen molar-refractivity contribution in [1.82, 2.24) is 3.97 Å². The fourth-order valence-corrected chi connectivity index (χ4v) is 1.31. The van der Waals surface area contributed by atoms with Gasteiger partial charge in [-0.1, -0.05) is 11.7 Å². The van der Waals surface area contributed by atoms with Gasteiger partial charge in [-0.3, -0.25) is 4.79 Å². The molecule has 0 aliphatic heterocycles. The number of nitrogens with zero attached hydrogens (tertiary/aromatic N) is 1. The molecule has 0 aliphatic rings. The molecule has 0 atom stereocenters. The minimum atomic E-state index is -0.106. The number of hydrogen-bond donors (Lipinski definition) is 1. The van der Waals surface area contributed by atoms with Crippen molar-refractivity contribution in [1.29, 1.82) is 0 Å². The number of aromatic nitrogens is 1. The van der Waals surface area contributed by atoms with Crippen LogP contribution in [0.3, 0.4) is 0 Å². The predicted octanol–water partition coefficient (Wildman–Crippen LogP) is 1.20. The van der Waals surface area contributed by atoms with Crippen molar-refractivity contribution in [3.05, 3.63) is 28.7 Å². The van der Waals surface area contributed by atoms with Gasteiger partial charge in [0.05, 0.1) is 13.3 Å². The van der Waals surface area contributed by atoms with Crippen molar-refractivity contribution in [2.45, 2.75) is 0 Å². The molecule has 60 valence electrons. The zero-order chi connectivity index (χ0) is 8.27. The molecule has 0 N–H and O–H groups in total. The molecular weight excluding hydrogens is 182 g/mol. The lowest BCUT2D eigenvalue weighted by Gasteiger charge is -2.01. The smallest absolute Gasteiger partial charge is 0.261 e. The number of methoxy groups -OCH3 is 1. The molecule has 0 unspecified atom stereocenters. The van der Waals surface area contributed by atoms with Gasteiger partial charge in [0.2, 0.25) is 0 Å². The van der Waals surface area contributed by atoms with Crippen LogP contribution in [0, 0.1) is 0 Å². The third-order valence-corrected chi connectivity index (χ3v) is 2.16. The SMILES string of the molecule is COc1ccc(=O)n(SS)c1. The highest BCUT2D eigenvalue weighted by atomic mass is 33.1. The summed E-state index contributed by atoms with van der Waals surface area (Å²) in [6.07, 6.45) is 1.58. The van der Waals surface area contributed by atoms with Crippen molar-refractivity contribution in [2.24, 2.45) is 0 Å². The van der Waals surface area contributed by atoms with Crippen LogP contribution in [0.15, 0.2) is 23.1 Å². The Bertz CT molecular complexity index is 297.